The Bertz CT molecular complexity index is 1650. The van der Waals surface area contributed by atoms with Crippen molar-refractivity contribution in [2.24, 2.45) is 20.9 Å². The molecule has 12 nitrogen and oxygen atoms in total. The number of aromatic nitrogens is 4. The van der Waals surface area contributed by atoms with Gasteiger partial charge in [-0.25, -0.2) is 9.67 Å². The Morgan fingerprint density at radius 1 is 0.917 bits per heavy atom. The lowest BCUT2D eigenvalue weighted by molar-refractivity contribution is -0.108. The Morgan fingerprint density at radius 2 is 1.65 bits per heavy atom. The summed E-state index contributed by atoms with van der Waals surface area (Å²) in [6.07, 6.45) is 9.13. The Hall–Kier alpha value is -5.46. The molecule has 0 bridgehead atoms. The standard InChI is InChI=1S/C36H42N10O2/c1-2-10-33(28-47)39-17-18-44(26-36-27-46(43-42-36)23-31-13-7-4-8-14-31)19-20-45(24-32-15-9-16-34(29-48)40-32)25-35(41-37)22-38-21-30-11-5-3-6-12-30/h2-9,11-17,22,27-29,33H,1,10,18-21,23-26,37H2/b38-22?,39-17?,41-35+. The zero-order valence-electron chi connectivity index (χ0n) is 27.0. The molecule has 0 fully saturated rings. The zero-order chi connectivity index (χ0) is 33.8. The van der Waals surface area contributed by atoms with Crippen LogP contribution >= 0.6 is 0 Å². The molecule has 0 saturated heterocycles. The van der Waals surface area contributed by atoms with Crippen LogP contribution < -0.4 is 5.84 Å². The quantitative estimate of drug-likeness (QED) is 0.0475. The van der Waals surface area contributed by atoms with Gasteiger partial charge in [-0.05, 0) is 29.7 Å². The molecule has 248 valence electrons. The first-order valence-corrected chi connectivity index (χ1v) is 15.8. The maximum Gasteiger partial charge on any atom is 0.168 e. The molecule has 0 amide bonds. The van der Waals surface area contributed by atoms with Crippen molar-refractivity contribution < 1.29 is 9.59 Å². The van der Waals surface area contributed by atoms with Crippen LogP contribution in [-0.2, 0) is 31.0 Å². The highest BCUT2D eigenvalue weighted by atomic mass is 16.1. The Labute approximate surface area is 281 Å². The normalized spacial score (nSPS) is 12.7. The van der Waals surface area contributed by atoms with E-state index in [1.165, 1.54) is 0 Å². The highest BCUT2D eigenvalue weighted by molar-refractivity contribution is 6.31. The van der Waals surface area contributed by atoms with E-state index in [0.29, 0.717) is 70.2 Å². The first-order chi connectivity index (χ1) is 23.6. The lowest BCUT2D eigenvalue weighted by Crippen LogP contribution is -2.39. The van der Waals surface area contributed by atoms with Crippen LogP contribution in [0.2, 0.25) is 0 Å². The molecule has 0 radical (unpaired) electrons. The topological polar surface area (TPSA) is 147 Å². The first-order valence-electron chi connectivity index (χ1n) is 15.8. The second-order valence-electron chi connectivity index (χ2n) is 11.1. The molecule has 2 aromatic carbocycles. The van der Waals surface area contributed by atoms with Crippen LogP contribution in [0.4, 0.5) is 0 Å². The summed E-state index contributed by atoms with van der Waals surface area (Å²) in [7, 11) is 0. The van der Waals surface area contributed by atoms with Gasteiger partial charge in [-0.1, -0.05) is 78.0 Å². The fraction of sp³-hybridized carbons (Fsp3) is 0.278. The molecular formula is C36H42N10O2. The fourth-order valence-corrected chi connectivity index (χ4v) is 4.90. The molecule has 0 aliphatic heterocycles. The molecule has 2 aromatic heterocycles. The van der Waals surface area contributed by atoms with Crippen molar-refractivity contribution in [3.63, 3.8) is 0 Å². The van der Waals surface area contributed by atoms with Crippen molar-refractivity contribution in [1.82, 2.24) is 29.8 Å². The van der Waals surface area contributed by atoms with Gasteiger partial charge in [0.25, 0.3) is 0 Å². The maximum atomic E-state index is 11.5. The van der Waals surface area contributed by atoms with Gasteiger partial charge in [0.05, 0.1) is 36.4 Å². The minimum Gasteiger partial charge on any atom is -0.323 e. The number of carbonyl (C=O) groups is 2. The number of aliphatic imine (C=N–C) groups is 2. The SMILES string of the molecule is C=CCC(C=O)N=CCN(CCN(C/C(C=NCc1ccccc1)=N/N)Cc1cccc(C=O)n1)Cc1cn(Cc2ccccc2)nn1. The molecule has 12 heteroatoms. The molecule has 0 aliphatic carbocycles. The second kappa shape index (κ2) is 19.9. The smallest absolute Gasteiger partial charge is 0.168 e. The van der Waals surface area contributed by atoms with Gasteiger partial charge in [-0.2, -0.15) is 5.10 Å². The Balaban J connectivity index is 1.49. The number of hydrogen-bond acceptors (Lipinski definition) is 11. The second-order valence-corrected chi connectivity index (χ2v) is 11.1. The minimum atomic E-state index is -0.470. The van der Waals surface area contributed by atoms with Crippen LogP contribution in [0.25, 0.3) is 0 Å². The van der Waals surface area contributed by atoms with Crippen molar-refractivity contribution in [2.75, 3.05) is 26.2 Å². The average molecular weight is 647 g/mol. The van der Waals surface area contributed by atoms with Gasteiger partial charge in [0, 0.05) is 51.7 Å². The van der Waals surface area contributed by atoms with E-state index in [-0.39, 0.29) is 0 Å². The number of benzene rings is 2. The number of hydrazone groups is 1. The van der Waals surface area contributed by atoms with E-state index in [2.05, 4.69) is 58.9 Å². The van der Waals surface area contributed by atoms with Gasteiger partial charge in [0.1, 0.15) is 18.0 Å². The van der Waals surface area contributed by atoms with Crippen LogP contribution in [0, 0.1) is 0 Å². The number of carbonyl (C=O) groups excluding carboxylic acids is 2. The van der Waals surface area contributed by atoms with Crippen LogP contribution in [0.3, 0.4) is 0 Å². The number of aldehydes is 2. The molecule has 0 spiro atoms. The van der Waals surface area contributed by atoms with E-state index in [1.807, 2.05) is 71.5 Å². The number of nitrogens with two attached hydrogens (primary N) is 1. The molecule has 1 atom stereocenters. The van der Waals surface area contributed by atoms with Gasteiger partial charge >= 0.3 is 0 Å². The summed E-state index contributed by atoms with van der Waals surface area (Å²) in [5.74, 6) is 5.81. The summed E-state index contributed by atoms with van der Waals surface area (Å²) < 4.78 is 1.82. The molecule has 48 heavy (non-hydrogen) atoms. The predicted octanol–water partition coefficient (Wildman–Crippen LogP) is 3.64. The van der Waals surface area contributed by atoms with Crippen LogP contribution in [0.5, 0.6) is 0 Å². The van der Waals surface area contributed by atoms with Gasteiger partial charge in [-0.15, -0.1) is 11.7 Å². The molecule has 2 N–H and O–H groups in total. The van der Waals surface area contributed by atoms with E-state index < -0.39 is 6.04 Å². The third-order valence-corrected chi connectivity index (χ3v) is 7.34. The lowest BCUT2D eigenvalue weighted by atomic mass is 10.2. The molecule has 0 saturated carbocycles. The average Bonchev–Trinajstić information content (AvgIpc) is 3.56. The van der Waals surface area contributed by atoms with Gasteiger partial charge < -0.3 is 10.6 Å². The molecular weight excluding hydrogens is 604 g/mol. The summed E-state index contributed by atoms with van der Waals surface area (Å²) in [5.41, 5.74) is 4.74. The molecule has 2 heterocycles. The fourth-order valence-electron chi connectivity index (χ4n) is 4.90. The first kappa shape index (κ1) is 35.4. The van der Waals surface area contributed by atoms with Crippen molar-refractivity contribution in [3.8, 4) is 0 Å². The summed E-state index contributed by atoms with van der Waals surface area (Å²) in [6, 6.07) is 24.9. The highest BCUT2D eigenvalue weighted by Gasteiger charge is 2.15. The number of hydrogen-bond donors (Lipinski definition) is 1. The zero-order valence-corrected chi connectivity index (χ0v) is 27.0. The summed E-state index contributed by atoms with van der Waals surface area (Å²) in [4.78, 5) is 40.7. The van der Waals surface area contributed by atoms with E-state index >= 15 is 0 Å². The van der Waals surface area contributed by atoms with E-state index in [9.17, 15) is 9.59 Å². The third kappa shape index (κ3) is 12.4. The number of rotatable bonds is 21. The largest absolute Gasteiger partial charge is 0.323 e. The number of pyridine rings is 1. The maximum absolute atomic E-state index is 11.5. The summed E-state index contributed by atoms with van der Waals surface area (Å²) in [5, 5.41) is 12.8. The minimum absolute atomic E-state index is 0.366. The third-order valence-electron chi connectivity index (χ3n) is 7.34. The van der Waals surface area contributed by atoms with Crippen LogP contribution in [0.1, 0.15) is 39.4 Å². The van der Waals surface area contributed by atoms with Crippen LogP contribution in [0.15, 0.2) is 113 Å². The predicted molar refractivity (Wildman–Crippen MR) is 189 cm³/mol. The van der Waals surface area contributed by atoms with Crippen molar-refractivity contribution in [3.05, 3.63) is 126 Å². The van der Waals surface area contributed by atoms with E-state index in [0.717, 1.165) is 35.1 Å². The van der Waals surface area contributed by atoms with Crippen molar-refractivity contribution >= 4 is 30.7 Å². The van der Waals surface area contributed by atoms with Gasteiger partial charge in [-0.3, -0.25) is 24.6 Å². The Morgan fingerprint density at radius 3 is 2.35 bits per heavy atom. The molecule has 0 aliphatic rings. The highest BCUT2D eigenvalue weighted by Crippen LogP contribution is 2.08. The molecule has 1 unspecified atom stereocenters. The van der Waals surface area contributed by atoms with E-state index in [4.69, 9.17) is 5.84 Å². The summed E-state index contributed by atoms with van der Waals surface area (Å²) >= 11 is 0. The molecule has 4 rings (SSSR count). The Kier molecular flexibility index (Phi) is 14.7. The van der Waals surface area contributed by atoms with Crippen molar-refractivity contribution in [2.45, 2.75) is 38.6 Å². The van der Waals surface area contributed by atoms with Crippen molar-refractivity contribution in [1.29, 1.82) is 0 Å². The van der Waals surface area contributed by atoms with Gasteiger partial charge in [0.15, 0.2) is 6.29 Å². The lowest BCUT2D eigenvalue weighted by Gasteiger charge is -2.26. The summed E-state index contributed by atoms with van der Waals surface area (Å²) in [6.45, 7) is 7.90. The number of nitrogens with zero attached hydrogens (tertiary/aromatic N) is 9. The van der Waals surface area contributed by atoms with Crippen LogP contribution in [-0.4, -0.2) is 92.7 Å². The monoisotopic (exact) mass is 646 g/mol. The van der Waals surface area contributed by atoms with E-state index in [1.54, 1.807) is 24.6 Å². The van der Waals surface area contributed by atoms with Gasteiger partial charge in [0.2, 0.25) is 0 Å². The molecule has 4 aromatic rings.